The molecule has 1 heterocycles. The molecule has 0 spiro atoms. The molecule has 7 nitrogen and oxygen atoms in total. The van der Waals surface area contributed by atoms with E-state index in [-0.39, 0.29) is 23.3 Å². The minimum absolute atomic E-state index is 0.0102. The van der Waals surface area contributed by atoms with Gasteiger partial charge in [0.1, 0.15) is 0 Å². The van der Waals surface area contributed by atoms with Crippen molar-refractivity contribution in [1.29, 1.82) is 0 Å². The lowest BCUT2D eigenvalue weighted by Crippen LogP contribution is -2.36. The third-order valence-electron chi connectivity index (χ3n) is 3.26. The van der Waals surface area contributed by atoms with Gasteiger partial charge in [-0.05, 0) is 18.9 Å². The van der Waals surface area contributed by atoms with E-state index >= 15 is 0 Å². The third-order valence-corrected chi connectivity index (χ3v) is 3.26. The number of pyridine rings is 1. The molecule has 1 aliphatic rings. The summed E-state index contributed by atoms with van der Waals surface area (Å²) in [5.41, 5.74) is 4.89. The molecule has 7 heteroatoms. The summed E-state index contributed by atoms with van der Waals surface area (Å²) in [7, 11) is 0. The Balaban J connectivity index is 1.94. The van der Waals surface area contributed by atoms with Gasteiger partial charge in [-0.1, -0.05) is 19.3 Å². The van der Waals surface area contributed by atoms with Crippen molar-refractivity contribution in [2.45, 2.75) is 32.1 Å². The van der Waals surface area contributed by atoms with Gasteiger partial charge in [0.15, 0.2) is 0 Å². The van der Waals surface area contributed by atoms with Crippen molar-refractivity contribution in [1.82, 2.24) is 10.4 Å². The molecule has 0 aromatic carbocycles. The minimum Gasteiger partial charge on any atom is -0.276 e. The van der Waals surface area contributed by atoms with Crippen molar-refractivity contribution in [3.63, 3.8) is 0 Å². The lowest BCUT2D eigenvalue weighted by molar-refractivity contribution is -0.384. The van der Waals surface area contributed by atoms with Crippen molar-refractivity contribution in [2.24, 2.45) is 5.92 Å². The van der Waals surface area contributed by atoms with E-state index in [1.807, 2.05) is 0 Å². The van der Waals surface area contributed by atoms with Crippen LogP contribution in [0.2, 0.25) is 0 Å². The maximum Gasteiger partial charge on any atom is 0.313 e. The van der Waals surface area contributed by atoms with Gasteiger partial charge in [0.2, 0.25) is 11.7 Å². The summed E-state index contributed by atoms with van der Waals surface area (Å²) in [6, 6.07) is 2.81. The predicted molar refractivity (Wildman–Crippen MR) is 69.2 cm³/mol. The lowest BCUT2D eigenvalue weighted by Gasteiger charge is -2.20. The van der Waals surface area contributed by atoms with Crippen LogP contribution in [0.3, 0.4) is 0 Å². The zero-order valence-corrected chi connectivity index (χ0v) is 10.5. The van der Waals surface area contributed by atoms with Crippen molar-refractivity contribution in [2.75, 3.05) is 5.43 Å². The monoisotopic (exact) mass is 264 g/mol. The van der Waals surface area contributed by atoms with Crippen molar-refractivity contribution >= 4 is 17.4 Å². The van der Waals surface area contributed by atoms with E-state index in [0.717, 1.165) is 25.7 Å². The SMILES string of the molecule is O=C(NNc1ncccc1[N+](=O)[O-])C1CCCCC1. The number of nitrogens with zero attached hydrogens (tertiary/aromatic N) is 2. The van der Waals surface area contributed by atoms with Crippen LogP contribution in [0.15, 0.2) is 18.3 Å². The molecule has 1 amide bonds. The molecule has 0 aliphatic heterocycles. The fourth-order valence-corrected chi connectivity index (χ4v) is 2.23. The first-order chi connectivity index (χ1) is 9.18. The first-order valence-corrected chi connectivity index (χ1v) is 6.34. The lowest BCUT2D eigenvalue weighted by atomic mass is 9.89. The summed E-state index contributed by atoms with van der Waals surface area (Å²) >= 11 is 0. The van der Waals surface area contributed by atoms with Crippen LogP contribution in [0.4, 0.5) is 11.5 Å². The number of carbonyl (C=O) groups excluding carboxylic acids is 1. The van der Waals surface area contributed by atoms with E-state index in [9.17, 15) is 14.9 Å². The molecule has 102 valence electrons. The number of nitro groups is 1. The number of nitrogens with one attached hydrogen (secondary N) is 2. The van der Waals surface area contributed by atoms with Gasteiger partial charge in [0.25, 0.3) is 0 Å². The molecule has 1 saturated carbocycles. The summed E-state index contributed by atoms with van der Waals surface area (Å²) in [5.74, 6) is -0.0830. The van der Waals surface area contributed by atoms with E-state index in [1.165, 1.54) is 24.8 Å². The van der Waals surface area contributed by atoms with Gasteiger partial charge in [0.05, 0.1) is 4.92 Å². The molecule has 1 fully saturated rings. The van der Waals surface area contributed by atoms with Crippen LogP contribution < -0.4 is 10.9 Å². The van der Waals surface area contributed by atoms with Gasteiger partial charge in [-0.3, -0.25) is 25.8 Å². The van der Waals surface area contributed by atoms with Gasteiger partial charge >= 0.3 is 5.69 Å². The predicted octanol–water partition coefficient (Wildman–Crippen LogP) is 2.01. The Kier molecular flexibility index (Phi) is 4.27. The summed E-state index contributed by atoms with van der Waals surface area (Å²) in [6.45, 7) is 0. The largest absolute Gasteiger partial charge is 0.313 e. The molecule has 1 aromatic rings. The van der Waals surface area contributed by atoms with Crippen molar-refractivity contribution < 1.29 is 9.72 Å². The van der Waals surface area contributed by atoms with E-state index in [0.29, 0.717) is 0 Å². The van der Waals surface area contributed by atoms with Gasteiger partial charge in [-0.2, -0.15) is 0 Å². The molecule has 2 rings (SSSR count). The number of hydrogen-bond donors (Lipinski definition) is 2. The minimum atomic E-state index is -0.540. The number of hydrazine groups is 1. The number of aromatic nitrogens is 1. The molecule has 0 unspecified atom stereocenters. The Morgan fingerprint density at radius 1 is 1.37 bits per heavy atom. The second-order valence-corrected chi connectivity index (χ2v) is 4.58. The average Bonchev–Trinajstić information content (AvgIpc) is 2.46. The summed E-state index contributed by atoms with van der Waals surface area (Å²) in [6.07, 6.45) is 6.46. The highest BCUT2D eigenvalue weighted by Crippen LogP contribution is 2.24. The van der Waals surface area contributed by atoms with Gasteiger partial charge < -0.3 is 0 Å². The van der Waals surface area contributed by atoms with Gasteiger partial charge in [-0.15, -0.1) is 0 Å². The third kappa shape index (κ3) is 3.40. The Hall–Kier alpha value is -2.18. The molecule has 1 aromatic heterocycles. The second kappa shape index (κ2) is 6.12. The zero-order valence-electron chi connectivity index (χ0n) is 10.5. The maximum atomic E-state index is 11.9. The quantitative estimate of drug-likeness (QED) is 0.640. The standard InChI is InChI=1S/C12H16N4O3/c17-12(9-5-2-1-3-6-9)15-14-11-10(16(18)19)7-4-8-13-11/h4,7-9H,1-3,5-6H2,(H,13,14)(H,15,17). The molecular weight excluding hydrogens is 248 g/mol. The molecule has 19 heavy (non-hydrogen) atoms. The van der Waals surface area contributed by atoms with Crippen LogP contribution in [0, 0.1) is 16.0 Å². The molecule has 0 saturated heterocycles. The number of carbonyl (C=O) groups is 1. The van der Waals surface area contributed by atoms with E-state index in [1.54, 1.807) is 0 Å². The van der Waals surface area contributed by atoms with Crippen LogP contribution in [0.1, 0.15) is 32.1 Å². The van der Waals surface area contributed by atoms with Crippen LogP contribution in [-0.4, -0.2) is 15.8 Å². The summed E-state index contributed by atoms with van der Waals surface area (Å²) in [4.78, 5) is 26.0. The fourth-order valence-electron chi connectivity index (χ4n) is 2.23. The Morgan fingerprint density at radius 3 is 2.79 bits per heavy atom. The topological polar surface area (TPSA) is 97.2 Å². The van der Waals surface area contributed by atoms with E-state index < -0.39 is 4.92 Å². The highest BCUT2D eigenvalue weighted by molar-refractivity contribution is 5.80. The molecule has 0 bridgehead atoms. The highest BCUT2D eigenvalue weighted by Gasteiger charge is 2.22. The van der Waals surface area contributed by atoms with E-state index in [2.05, 4.69) is 15.8 Å². The smallest absolute Gasteiger partial charge is 0.276 e. The molecule has 0 radical (unpaired) electrons. The van der Waals surface area contributed by atoms with Gasteiger partial charge in [-0.25, -0.2) is 4.98 Å². The summed E-state index contributed by atoms with van der Waals surface area (Å²) in [5, 5.41) is 10.8. The fraction of sp³-hybridized carbons (Fsp3) is 0.500. The van der Waals surface area contributed by atoms with Crippen molar-refractivity contribution in [3.05, 3.63) is 28.4 Å². The molecular formula is C12H16N4O3. The molecule has 0 atom stereocenters. The number of rotatable bonds is 4. The normalized spacial score (nSPS) is 15.8. The van der Waals surface area contributed by atoms with Crippen LogP contribution in [0.5, 0.6) is 0 Å². The Bertz CT molecular complexity index is 472. The number of hydrogen-bond acceptors (Lipinski definition) is 5. The first kappa shape index (κ1) is 13.3. The highest BCUT2D eigenvalue weighted by atomic mass is 16.6. The first-order valence-electron chi connectivity index (χ1n) is 6.34. The second-order valence-electron chi connectivity index (χ2n) is 4.58. The Labute approximate surface area is 110 Å². The van der Waals surface area contributed by atoms with Gasteiger partial charge in [0, 0.05) is 18.2 Å². The van der Waals surface area contributed by atoms with E-state index in [4.69, 9.17) is 0 Å². The van der Waals surface area contributed by atoms with Crippen LogP contribution in [-0.2, 0) is 4.79 Å². The molecule has 2 N–H and O–H groups in total. The number of anilines is 1. The zero-order chi connectivity index (χ0) is 13.7. The van der Waals surface area contributed by atoms with Crippen LogP contribution >= 0.6 is 0 Å². The maximum absolute atomic E-state index is 11.9. The molecule has 1 aliphatic carbocycles. The average molecular weight is 264 g/mol. The Morgan fingerprint density at radius 2 is 2.11 bits per heavy atom. The van der Waals surface area contributed by atoms with Crippen molar-refractivity contribution in [3.8, 4) is 0 Å². The summed E-state index contributed by atoms with van der Waals surface area (Å²) < 4.78 is 0. The van der Waals surface area contributed by atoms with Crippen LogP contribution in [0.25, 0.3) is 0 Å². The number of amides is 1.